The van der Waals surface area contributed by atoms with Crippen LogP contribution in [0.2, 0.25) is 0 Å². The van der Waals surface area contributed by atoms with Gasteiger partial charge in [-0.1, -0.05) is 19.8 Å². The van der Waals surface area contributed by atoms with E-state index < -0.39 is 0 Å². The van der Waals surface area contributed by atoms with Crippen molar-refractivity contribution in [2.24, 2.45) is 5.92 Å². The Morgan fingerprint density at radius 1 is 1.28 bits per heavy atom. The van der Waals surface area contributed by atoms with Crippen molar-refractivity contribution in [2.75, 3.05) is 19.7 Å². The zero-order valence-electron chi connectivity index (χ0n) is 11.4. The minimum atomic E-state index is 0.147. The van der Waals surface area contributed by atoms with Gasteiger partial charge in [-0.15, -0.1) is 0 Å². The van der Waals surface area contributed by atoms with Crippen LogP contribution in [-0.4, -0.2) is 37.7 Å². The predicted molar refractivity (Wildman–Crippen MR) is 71.4 cm³/mol. The van der Waals surface area contributed by atoms with Crippen LogP contribution in [0.5, 0.6) is 0 Å². The van der Waals surface area contributed by atoms with Gasteiger partial charge in [-0.05, 0) is 31.6 Å². The summed E-state index contributed by atoms with van der Waals surface area (Å²) in [5.41, 5.74) is 0. The fourth-order valence-electron chi connectivity index (χ4n) is 3.10. The second-order valence-corrected chi connectivity index (χ2v) is 5.55. The minimum absolute atomic E-state index is 0.147. The number of amides is 1. The van der Waals surface area contributed by atoms with Gasteiger partial charge in [0.1, 0.15) is 0 Å². The average molecular weight is 254 g/mol. The first-order chi connectivity index (χ1) is 8.79. The molecule has 1 aliphatic heterocycles. The number of ether oxygens (including phenoxy) is 1. The third-order valence-electron chi connectivity index (χ3n) is 4.16. The Morgan fingerprint density at radius 2 is 2.06 bits per heavy atom. The van der Waals surface area contributed by atoms with Crippen LogP contribution < -0.4 is 10.6 Å². The van der Waals surface area contributed by atoms with E-state index in [1.807, 2.05) is 0 Å². The summed E-state index contributed by atoms with van der Waals surface area (Å²) in [7, 11) is 0. The molecule has 0 spiro atoms. The van der Waals surface area contributed by atoms with Crippen LogP contribution >= 0.6 is 0 Å². The normalized spacial score (nSPS) is 28.7. The predicted octanol–water partition coefficient (Wildman–Crippen LogP) is 1.45. The maximum atomic E-state index is 11.7. The van der Waals surface area contributed by atoms with E-state index >= 15 is 0 Å². The van der Waals surface area contributed by atoms with Crippen LogP contribution in [0, 0.1) is 5.92 Å². The first-order valence-corrected chi connectivity index (χ1v) is 7.41. The summed E-state index contributed by atoms with van der Waals surface area (Å²) in [5, 5.41) is 6.37. The molecule has 0 radical (unpaired) electrons. The molecule has 2 aliphatic rings. The van der Waals surface area contributed by atoms with Gasteiger partial charge in [0.25, 0.3) is 0 Å². The van der Waals surface area contributed by atoms with Gasteiger partial charge in [0.2, 0.25) is 5.91 Å². The van der Waals surface area contributed by atoms with Crippen molar-refractivity contribution in [1.29, 1.82) is 0 Å². The number of rotatable bonds is 6. The minimum Gasteiger partial charge on any atom is -0.378 e. The van der Waals surface area contributed by atoms with Crippen molar-refractivity contribution in [3.05, 3.63) is 0 Å². The third-order valence-corrected chi connectivity index (χ3v) is 4.16. The van der Waals surface area contributed by atoms with E-state index in [9.17, 15) is 4.79 Å². The maximum absolute atomic E-state index is 11.7. The van der Waals surface area contributed by atoms with Crippen molar-refractivity contribution < 1.29 is 9.53 Å². The molecule has 4 nitrogen and oxygen atoms in total. The molecule has 0 bridgehead atoms. The number of carbonyl (C=O) groups excluding carboxylic acids is 1. The highest BCUT2D eigenvalue weighted by Crippen LogP contribution is 2.22. The van der Waals surface area contributed by atoms with E-state index in [2.05, 4.69) is 17.6 Å². The molecule has 2 fully saturated rings. The molecule has 1 saturated heterocycles. The Bertz CT molecular complexity index is 265. The van der Waals surface area contributed by atoms with Crippen molar-refractivity contribution in [2.45, 2.75) is 57.6 Å². The summed E-state index contributed by atoms with van der Waals surface area (Å²) in [4.78, 5) is 11.7. The smallest absolute Gasteiger partial charge is 0.234 e. The molecule has 0 aromatic rings. The highest BCUT2D eigenvalue weighted by molar-refractivity contribution is 5.78. The molecule has 2 rings (SSSR count). The SMILES string of the molecule is CCC1OCCC1CNCC(=O)NC1CCCC1. The van der Waals surface area contributed by atoms with Crippen molar-refractivity contribution in [3.8, 4) is 0 Å². The number of hydrogen-bond acceptors (Lipinski definition) is 3. The molecular weight excluding hydrogens is 228 g/mol. The van der Waals surface area contributed by atoms with E-state index in [1.54, 1.807) is 0 Å². The summed E-state index contributed by atoms with van der Waals surface area (Å²) in [6, 6.07) is 0.428. The first-order valence-electron chi connectivity index (χ1n) is 7.41. The van der Waals surface area contributed by atoms with E-state index in [0.29, 0.717) is 24.6 Å². The van der Waals surface area contributed by atoms with Crippen LogP contribution in [0.3, 0.4) is 0 Å². The molecule has 1 saturated carbocycles. The van der Waals surface area contributed by atoms with Crippen molar-refractivity contribution >= 4 is 5.91 Å². The maximum Gasteiger partial charge on any atom is 0.234 e. The summed E-state index contributed by atoms with van der Waals surface area (Å²) < 4.78 is 5.64. The van der Waals surface area contributed by atoms with Crippen LogP contribution in [0.15, 0.2) is 0 Å². The van der Waals surface area contributed by atoms with Crippen LogP contribution in [0.25, 0.3) is 0 Å². The highest BCUT2D eigenvalue weighted by Gasteiger charge is 2.26. The van der Waals surface area contributed by atoms with Gasteiger partial charge in [0.15, 0.2) is 0 Å². The summed E-state index contributed by atoms with van der Waals surface area (Å²) >= 11 is 0. The summed E-state index contributed by atoms with van der Waals surface area (Å²) in [6.07, 6.45) is 7.40. The van der Waals surface area contributed by atoms with Crippen molar-refractivity contribution in [3.63, 3.8) is 0 Å². The Kier molecular flexibility index (Phi) is 5.45. The molecule has 18 heavy (non-hydrogen) atoms. The van der Waals surface area contributed by atoms with Crippen LogP contribution in [0.4, 0.5) is 0 Å². The monoisotopic (exact) mass is 254 g/mol. The topological polar surface area (TPSA) is 50.4 Å². The van der Waals surface area contributed by atoms with E-state index in [-0.39, 0.29) is 5.91 Å². The lowest BCUT2D eigenvalue weighted by Crippen LogP contribution is -2.41. The largest absolute Gasteiger partial charge is 0.378 e. The molecule has 0 aromatic carbocycles. The third kappa shape index (κ3) is 3.95. The lowest BCUT2D eigenvalue weighted by atomic mass is 10.00. The number of nitrogens with one attached hydrogen (secondary N) is 2. The fraction of sp³-hybridized carbons (Fsp3) is 0.929. The molecule has 4 heteroatoms. The number of carbonyl (C=O) groups is 1. The Hall–Kier alpha value is -0.610. The summed E-state index contributed by atoms with van der Waals surface area (Å²) in [5.74, 6) is 0.725. The Labute approximate surface area is 110 Å². The molecule has 2 atom stereocenters. The van der Waals surface area contributed by atoms with Gasteiger partial charge >= 0.3 is 0 Å². The summed E-state index contributed by atoms with van der Waals surface area (Å²) in [6.45, 7) is 4.38. The molecule has 1 heterocycles. The number of hydrogen-bond donors (Lipinski definition) is 2. The van der Waals surface area contributed by atoms with E-state index in [0.717, 1.165) is 38.8 Å². The van der Waals surface area contributed by atoms with E-state index in [1.165, 1.54) is 12.8 Å². The van der Waals surface area contributed by atoms with Gasteiger partial charge < -0.3 is 15.4 Å². The Morgan fingerprint density at radius 3 is 2.78 bits per heavy atom. The second-order valence-electron chi connectivity index (χ2n) is 5.55. The fourth-order valence-corrected chi connectivity index (χ4v) is 3.10. The molecule has 1 aliphatic carbocycles. The lowest BCUT2D eigenvalue weighted by Gasteiger charge is -2.18. The van der Waals surface area contributed by atoms with Crippen molar-refractivity contribution in [1.82, 2.24) is 10.6 Å². The van der Waals surface area contributed by atoms with Gasteiger partial charge in [-0.2, -0.15) is 0 Å². The van der Waals surface area contributed by atoms with Gasteiger partial charge in [-0.3, -0.25) is 4.79 Å². The van der Waals surface area contributed by atoms with Gasteiger partial charge in [0.05, 0.1) is 12.6 Å². The first kappa shape index (κ1) is 13.8. The van der Waals surface area contributed by atoms with Gasteiger partial charge in [-0.25, -0.2) is 0 Å². The molecule has 0 aromatic heterocycles. The van der Waals surface area contributed by atoms with Crippen LogP contribution in [-0.2, 0) is 9.53 Å². The Balaban J connectivity index is 1.58. The quantitative estimate of drug-likeness (QED) is 0.754. The molecule has 2 unspecified atom stereocenters. The highest BCUT2D eigenvalue weighted by atomic mass is 16.5. The lowest BCUT2D eigenvalue weighted by molar-refractivity contribution is -0.120. The van der Waals surface area contributed by atoms with Gasteiger partial charge in [0, 0.05) is 19.2 Å². The molecule has 104 valence electrons. The molecule has 2 N–H and O–H groups in total. The van der Waals surface area contributed by atoms with E-state index in [4.69, 9.17) is 4.74 Å². The zero-order chi connectivity index (χ0) is 12.8. The molecule has 1 amide bonds. The standard InChI is InChI=1S/C14H26N2O2/c1-2-13-11(7-8-18-13)9-15-10-14(17)16-12-5-3-4-6-12/h11-13,15H,2-10H2,1H3,(H,16,17). The zero-order valence-corrected chi connectivity index (χ0v) is 11.4. The van der Waals surface area contributed by atoms with Crippen LogP contribution in [0.1, 0.15) is 45.4 Å². The second kappa shape index (κ2) is 7.10. The average Bonchev–Trinajstić information content (AvgIpc) is 3.00. The molecular formula is C14H26N2O2.